The Hall–Kier alpha value is -2.59. The number of aromatic nitrogens is 3. The van der Waals surface area contributed by atoms with E-state index in [9.17, 15) is 22.3 Å². The monoisotopic (exact) mass is 396 g/mol. The second-order valence-electron chi connectivity index (χ2n) is 6.07. The molecule has 0 radical (unpaired) electrons. The van der Waals surface area contributed by atoms with Crippen LogP contribution in [0.15, 0.2) is 24.7 Å². The van der Waals surface area contributed by atoms with E-state index in [-0.39, 0.29) is 11.3 Å². The number of anilines is 1. The third kappa shape index (κ3) is 3.62. The minimum absolute atomic E-state index is 0.189. The molecule has 3 N–H and O–H groups in total. The number of benzene rings is 1. The Morgan fingerprint density at radius 3 is 2.74 bits per heavy atom. The number of halogens is 2. The van der Waals surface area contributed by atoms with Crippen LogP contribution in [0.4, 0.5) is 14.5 Å². The molecular formula is C17H18F2N4O3S. The fourth-order valence-electron chi connectivity index (χ4n) is 2.90. The van der Waals surface area contributed by atoms with Gasteiger partial charge in [-0.2, -0.15) is 0 Å². The van der Waals surface area contributed by atoms with Crippen molar-refractivity contribution in [1.82, 2.24) is 15.0 Å². The topological polar surface area (TPSA) is 108 Å². The molecule has 0 saturated carbocycles. The fraction of sp³-hybridized carbons (Fsp3) is 0.294. The van der Waals surface area contributed by atoms with Crippen LogP contribution in [-0.2, 0) is 10.0 Å². The van der Waals surface area contributed by atoms with Crippen molar-refractivity contribution < 1.29 is 22.3 Å². The van der Waals surface area contributed by atoms with Crippen molar-refractivity contribution in [2.75, 3.05) is 10.5 Å². The first-order chi connectivity index (χ1) is 12.7. The Morgan fingerprint density at radius 2 is 2.04 bits per heavy atom. The Bertz CT molecular complexity index is 1100. The average molecular weight is 396 g/mol. The lowest BCUT2D eigenvalue weighted by Gasteiger charge is -2.16. The van der Waals surface area contributed by atoms with Gasteiger partial charge >= 0.3 is 0 Å². The molecule has 3 aromatic rings. The summed E-state index contributed by atoms with van der Waals surface area (Å²) in [6.07, 6.45) is 1.37. The van der Waals surface area contributed by atoms with Crippen molar-refractivity contribution in [1.29, 1.82) is 0 Å². The summed E-state index contributed by atoms with van der Waals surface area (Å²) in [4.78, 5) is 10.9. The minimum atomic E-state index is -3.78. The number of nitrogens with zero attached hydrogens (tertiary/aromatic N) is 2. The highest BCUT2D eigenvalue weighted by atomic mass is 32.2. The largest absolute Gasteiger partial charge is 0.383 e. The standard InChI is InChI=1S/C17H18F2N4O3S/c1-3-6-27(25,26)23-12-5-4-11(18)14(15(12)19)16(24)10-7-20-17-13(10)9(2)21-8-22-17/h4-5,7-8,16,23-24H,3,6H2,1-2H3,(H,20,21,22). The number of aromatic amines is 1. The van der Waals surface area contributed by atoms with Gasteiger partial charge in [0.25, 0.3) is 0 Å². The molecule has 27 heavy (non-hydrogen) atoms. The predicted molar refractivity (Wildman–Crippen MR) is 96.7 cm³/mol. The van der Waals surface area contributed by atoms with Gasteiger partial charge in [-0.05, 0) is 25.5 Å². The van der Waals surface area contributed by atoms with E-state index < -0.39 is 39.0 Å². The quantitative estimate of drug-likeness (QED) is 0.594. The zero-order chi connectivity index (χ0) is 19.8. The Morgan fingerprint density at radius 1 is 1.30 bits per heavy atom. The van der Waals surface area contributed by atoms with Gasteiger partial charge < -0.3 is 10.1 Å². The van der Waals surface area contributed by atoms with Gasteiger partial charge in [0.2, 0.25) is 10.0 Å². The van der Waals surface area contributed by atoms with Gasteiger partial charge in [0, 0.05) is 17.1 Å². The molecule has 0 aliphatic carbocycles. The van der Waals surface area contributed by atoms with Gasteiger partial charge in [0.1, 0.15) is 23.9 Å². The Labute approximate surface area is 154 Å². The van der Waals surface area contributed by atoms with Crippen molar-refractivity contribution in [3.05, 3.63) is 53.1 Å². The number of fused-ring (bicyclic) bond motifs is 1. The number of H-pyrrole nitrogens is 1. The number of aliphatic hydroxyl groups is 1. The molecule has 7 nitrogen and oxygen atoms in total. The minimum Gasteiger partial charge on any atom is -0.383 e. The smallest absolute Gasteiger partial charge is 0.232 e. The number of rotatable bonds is 6. The van der Waals surface area contributed by atoms with Crippen molar-refractivity contribution in [2.24, 2.45) is 0 Å². The summed E-state index contributed by atoms with van der Waals surface area (Å²) in [7, 11) is -3.78. The third-order valence-electron chi connectivity index (χ3n) is 4.12. The molecule has 0 bridgehead atoms. The van der Waals surface area contributed by atoms with Gasteiger partial charge in [-0.15, -0.1) is 0 Å². The first kappa shape index (κ1) is 19.2. The highest BCUT2D eigenvalue weighted by Crippen LogP contribution is 2.34. The van der Waals surface area contributed by atoms with Crippen LogP contribution >= 0.6 is 0 Å². The molecule has 10 heteroatoms. The van der Waals surface area contributed by atoms with E-state index in [4.69, 9.17) is 0 Å². The maximum atomic E-state index is 14.9. The summed E-state index contributed by atoms with van der Waals surface area (Å²) in [6, 6.07) is 1.89. The highest BCUT2D eigenvalue weighted by molar-refractivity contribution is 7.92. The van der Waals surface area contributed by atoms with Gasteiger partial charge in [-0.25, -0.2) is 27.2 Å². The number of nitrogens with one attached hydrogen (secondary N) is 2. The van der Waals surface area contributed by atoms with E-state index >= 15 is 0 Å². The molecule has 1 unspecified atom stereocenters. The van der Waals surface area contributed by atoms with Crippen molar-refractivity contribution in [2.45, 2.75) is 26.4 Å². The first-order valence-electron chi connectivity index (χ1n) is 8.20. The van der Waals surface area contributed by atoms with E-state index in [2.05, 4.69) is 19.7 Å². The summed E-state index contributed by atoms with van der Waals surface area (Å²) < 4.78 is 55.1. The lowest BCUT2D eigenvalue weighted by Crippen LogP contribution is -2.18. The summed E-state index contributed by atoms with van der Waals surface area (Å²) in [5, 5.41) is 11.1. The van der Waals surface area contributed by atoms with E-state index in [0.717, 1.165) is 12.1 Å². The van der Waals surface area contributed by atoms with Crippen LogP contribution in [0.5, 0.6) is 0 Å². The molecule has 1 atom stereocenters. The normalized spacial score (nSPS) is 13.1. The molecule has 144 valence electrons. The summed E-state index contributed by atoms with van der Waals surface area (Å²) in [5.41, 5.74) is 0.0464. The summed E-state index contributed by atoms with van der Waals surface area (Å²) in [5.74, 6) is -2.38. The molecule has 1 aromatic carbocycles. The van der Waals surface area contributed by atoms with Crippen LogP contribution in [0.1, 0.15) is 36.3 Å². The third-order valence-corrected chi connectivity index (χ3v) is 5.60. The molecular weight excluding hydrogens is 378 g/mol. The van der Waals surface area contributed by atoms with E-state index in [1.807, 2.05) is 0 Å². The maximum absolute atomic E-state index is 14.9. The molecule has 0 saturated heterocycles. The molecule has 0 fully saturated rings. The number of aliphatic hydroxyl groups excluding tert-OH is 1. The second kappa shape index (κ2) is 7.20. The SMILES string of the molecule is CCCS(=O)(=O)Nc1ccc(F)c(C(O)c2c[nH]c3ncnc(C)c23)c1F. The van der Waals surface area contributed by atoms with Gasteiger partial charge in [0.15, 0.2) is 5.82 Å². The summed E-state index contributed by atoms with van der Waals surface area (Å²) in [6.45, 7) is 3.34. The van der Waals surface area contributed by atoms with Crippen LogP contribution in [0.25, 0.3) is 11.0 Å². The molecule has 3 rings (SSSR count). The molecule has 0 aliphatic rings. The maximum Gasteiger partial charge on any atom is 0.232 e. The molecule has 0 aliphatic heterocycles. The second-order valence-corrected chi connectivity index (χ2v) is 7.91. The Kier molecular flexibility index (Phi) is 5.11. The zero-order valence-corrected chi connectivity index (χ0v) is 15.4. The van der Waals surface area contributed by atoms with E-state index in [0.29, 0.717) is 23.1 Å². The number of aryl methyl sites for hydroxylation is 1. The van der Waals surface area contributed by atoms with Crippen LogP contribution in [-0.4, -0.2) is 34.2 Å². The predicted octanol–water partition coefficient (Wildman–Crippen LogP) is 2.78. The molecule has 0 spiro atoms. The van der Waals surface area contributed by atoms with Gasteiger partial charge in [-0.1, -0.05) is 6.92 Å². The average Bonchev–Trinajstić information content (AvgIpc) is 3.03. The van der Waals surface area contributed by atoms with E-state index in [1.165, 1.54) is 12.5 Å². The molecule has 2 heterocycles. The first-order valence-corrected chi connectivity index (χ1v) is 9.85. The number of hydrogen-bond acceptors (Lipinski definition) is 5. The van der Waals surface area contributed by atoms with Crippen molar-refractivity contribution in [3.8, 4) is 0 Å². The molecule has 0 amide bonds. The Balaban J connectivity index is 2.09. The zero-order valence-electron chi connectivity index (χ0n) is 14.6. The summed E-state index contributed by atoms with van der Waals surface area (Å²) >= 11 is 0. The van der Waals surface area contributed by atoms with Gasteiger partial charge in [0.05, 0.1) is 22.7 Å². The lowest BCUT2D eigenvalue weighted by molar-refractivity contribution is 0.210. The van der Waals surface area contributed by atoms with Crippen molar-refractivity contribution in [3.63, 3.8) is 0 Å². The van der Waals surface area contributed by atoms with Crippen LogP contribution in [0, 0.1) is 18.6 Å². The van der Waals surface area contributed by atoms with Crippen LogP contribution in [0.3, 0.4) is 0 Å². The van der Waals surface area contributed by atoms with Crippen LogP contribution in [0.2, 0.25) is 0 Å². The number of hydrogen-bond donors (Lipinski definition) is 3. The fourth-order valence-corrected chi connectivity index (χ4v) is 4.04. The number of sulfonamides is 1. The molecule has 2 aromatic heterocycles. The van der Waals surface area contributed by atoms with Crippen LogP contribution < -0.4 is 4.72 Å². The van der Waals surface area contributed by atoms with Gasteiger partial charge in [-0.3, -0.25) is 4.72 Å². The lowest BCUT2D eigenvalue weighted by atomic mass is 9.99. The van der Waals surface area contributed by atoms with E-state index in [1.54, 1.807) is 13.8 Å². The highest BCUT2D eigenvalue weighted by Gasteiger charge is 2.26. The van der Waals surface area contributed by atoms with Crippen molar-refractivity contribution >= 4 is 26.7 Å².